The molecule has 0 aliphatic carbocycles. The van der Waals surface area contributed by atoms with E-state index in [4.69, 9.17) is 14.2 Å². The van der Waals surface area contributed by atoms with Gasteiger partial charge < -0.3 is 14.2 Å². The second-order valence-electron chi connectivity index (χ2n) is 10.6. The van der Waals surface area contributed by atoms with Crippen molar-refractivity contribution in [3.05, 3.63) is 0 Å². The zero-order valence-electron chi connectivity index (χ0n) is 17.4. The molecule has 3 nitrogen and oxygen atoms in total. The summed E-state index contributed by atoms with van der Waals surface area (Å²) < 4.78 is 15.6. The van der Waals surface area contributed by atoms with Crippen molar-refractivity contribution in [2.75, 3.05) is 13.2 Å². The molecular weight excluding hydrogens is 288 g/mol. The van der Waals surface area contributed by atoms with Gasteiger partial charge in [-0.2, -0.15) is 0 Å². The van der Waals surface area contributed by atoms with Gasteiger partial charge >= 0.3 is 0 Å². The van der Waals surface area contributed by atoms with Crippen molar-refractivity contribution in [3.63, 3.8) is 0 Å². The second kappa shape index (κ2) is 6.65. The summed E-state index contributed by atoms with van der Waals surface area (Å²) in [4.78, 5) is 0. The van der Waals surface area contributed by atoms with Gasteiger partial charge in [-0.3, -0.25) is 0 Å². The maximum Gasteiger partial charge on any atom is 0.0936 e. The van der Waals surface area contributed by atoms with Crippen molar-refractivity contribution in [2.24, 2.45) is 16.2 Å². The molecule has 3 fully saturated rings. The molecule has 3 rings (SSSR count). The van der Waals surface area contributed by atoms with Crippen LogP contribution in [0.1, 0.15) is 76.2 Å². The van der Waals surface area contributed by atoms with E-state index in [2.05, 4.69) is 76.2 Å². The van der Waals surface area contributed by atoms with E-state index >= 15 is 0 Å². The Labute approximate surface area is 144 Å². The maximum absolute atomic E-state index is 5.28. The Kier molecular flexibility index (Phi) is 6.05. The SMILES string of the molecule is CC(C)(C)C1(C)CO1.CC(C)(C)C1CO1.CC1OC1C(C)(C)C. The molecule has 3 aliphatic rings. The summed E-state index contributed by atoms with van der Waals surface area (Å²) in [7, 11) is 0. The molecule has 0 N–H and O–H groups in total. The highest BCUT2D eigenvalue weighted by atomic mass is 16.6. The lowest BCUT2D eigenvalue weighted by molar-refractivity contribution is 0.173. The lowest BCUT2D eigenvalue weighted by atomic mass is 9.82. The van der Waals surface area contributed by atoms with Crippen LogP contribution in [0.3, 0.4) is 0 Å². The van der Waals surface area contributed by atoms with Gasteiger partial charge in [0.05, 0.1) is 37.1 Å². The van der Waals surface area contributed by atoms with Gasteiger partial charge in [0.15, 0.2) is 0 Å². The fraction of sp³-hybridized carbons (Fsp3) is 1.00. The van der Waals surface area contributed by atoms with Crippen LogP contribution >= 0.6 is 0 Å². The molecule has 0 aromatic carbocycles. The van der Waals surface area contributed by atoms with Crippen LogP contribution in [0, 0.1) is 16.2 Å². The van der Waals surface area contributed by atoms with Crippen molar-refractivity contribution >= 4 is 0 Å². The molecule has 4 atom stereocenters. The summed E-state index contributed by atoms with van der Waals surface area (Å²) in [5.74, 6) is 0. The average Bonchev–Trinajstić information content (AvgIpc) is 3.16. The van der Waals surface area contributed by atoms with Crippen molar-refractivity contribution in [2.45, 2.75) is 100 Å². The van der Waals surface area contributed by atoms with Gasteiger partial charge in [-0.15, -0.1) is 0 Å². The molecule has 0 radical (unpaired) electrons. The molecule has 3 saturated heterocycles. The number of rotatable bonds is 0. The van der Waals surface area contributed by atoms with Crippen LogP contribution < -0.4 is 0 Å². The predicted octanol–water partition coefficient (Wildman–Crippen LogP) is 5.07. The highest BCUT2D eigenvalue weighted by Gasteiger charge is 2.49. The van der Waals surface area contributed by atoms with Crippen LogP contribution in [0.4, 0.5) is 0 Å². The van der Waals surface area contributed by atoms with Crippen LogP contribution in [0.15, 0.2) is 0 Å². The first-order valence-corrected chi connectivity index (χ1v) is 8.99. The molecule has 23 heavy (non-hydrogen) atoms. The van der Waals surface area contributed by atoms with E-state index in [9.17, 15) is 0 Å². The summed E-state index contributed by atoms with van der Waals surface area (Å²) in [6, 6.07) is 0. The zero-order valence-corrected chi connectivity index (χ0v) is 17.4. The minimum absolute atomic E-state index is 0.188. The Hall–Kier alpha value is -0.120. The second-order valence-corrected chi connectivity index (χ2v) is 10.6. The van der Waals surface area contributed by atoms with Crippen molar-refractivity contribution in [1.29, 1.82) is 0 Å². The Morgan fingerprint density at radius 3 is 1.26 bits per heavy atom. The lowest BCUT2D eigenvalue weighted by Crippen LogP contribution is -2.26. The van der Waals surface area contributed by atoms with Gasteiger partial charge in [0, 0.05) is 0 Å². The minimum atomic E-state index is 0.188. The highest BCUT2D eigenvalue weighted by Crippen LogP contribution is 2.43. The summed E-state index contributed by atoms with van der Waals surface area (Å²) in [6.45, 7) is 26.0. The smallest absolute Gasteiger partial charge is 0.0936 e. The van der Waals surface area contributed by atoms with E-state index in [1.54, 1.807) is 0 Å². The van der Waals surface area contributed by atoms with Crippen LogP contribution in [0.2, 0.25) is 0 Å². The van der Waals surface area contributed by atoms with E-state index in [-0.39, 0.29) is 5.60 Å². The molecule has 0 spiro atoms. The zero-order chi connectivity index (χ0) is 18.3. The van der Waals surface area contributed by atoms with Crippen molar-refractivity contribution < 1.29 is 14.2 Å². The topological polar surface area (TPSA) is 37.6 Å². The number of hydrogen-bond donors (Lipinski definition) is 0. The molecular formula is C20H40O3. The minimum Gasteiger partial charge on any atom is -0.373 e. The third-order valence-electron chi connectivity index (χ3n) is 5.03. The van der Waals surface area contributed by atoms with Gasteiger partial charge in [-0.05, 0) is 30.1 Å². The first-order chi connectivity index (χ1) is 10.1. The molecule has 0 aromatic rings. The summed E-state index contributed by atoms with van der Waals surface area (Å²) >= 11 is 0. The number of ether oxygens (including phenoxy) is 3. The maximum atomic E-state index is 5.28. The molecule has 4 unspecified atom stereocenters. The lowest BCUT2D eigenvalue weighted by Gasteiger charge is -2.22. The normalized spacial score (nSPS) is 35.3. The predicted molar refractivity (Wildman–Crippen MR) is 96.8 cm³/mol. The van der Waals surface area contributed by atoms with E-state index in [1.165, 1.54) is 0 Å². The fourth-order valence-corrected chi connectivity index (χ4v) is 2.18. The van der Waals surface area contributed by atoms with E-state index < -0.39 is 0 Å². The molecule has 138 valence electrons. The van der Waals surface area contributed by atoms with Crippen LogP contribution in [0.25, 0.3) is 0 Å². The van der Waals surface area contributed by atoms with Gasteiger partial charge in [0.25, 0.3) is 0 Å². The summed E-state index contributed by atoms with van der Waals surface area (Å²) in [5.41, 5.74) is 1.26. The quantitative estimate of drug-likeness (QED) is 0.582. The monoisotopic (exact) mass is 328 g/mol. The first-order valence-electron chi connectivity index (χ1n) is 8.99. The molecule has 3 heterocycles. The summed E-state index contributed by atoms with van der Waals surface area (Å²) in [6.07, 6.45) is 1.57. The molecule has 3 heteroatoms. The van der Waals surface area contributed by atoms with Gasteiger partial charge in [-0.25, -0.2) is 0 Å². The largest absolute Gasteiger partial charge is 0.373 e. The third-order valence-corrected chi connectivity index (χ3v) is 5.03. The molecule has 3 aliphatic heterocycles. The van der Waals surface area contributed by atoms with Gasteiger partial charge in [0.2, 0.25) is 0 Å². The first kappa shape index (κ1) is 20.9. The standard InChI is InChI=1S/2C7H14O.C6H12O/c1-6(2,3)7(4)5-8-7;1-5-6(8-5)7(2,3)4;1-6(2,3)5-4-7-5/h5H2,1-4H3;5-6H,1-4H3;5H,4H2,1-3H3. The molecule has 0 bridgehead atoms. The Morgan fingerprint density at radius 2 is 1.26 bits per heavy atom. The highest BCUT2D eigenvalue weighted by molar-refractivity contribution is 4.97. The van der Waals surface area contributed by atoms with Crippen molar-refractivity contribution in [1.82, 2.24) is 0 Å². The number of hydrogen-bond acceptors (Lipinski definition) is 3. The van der Waals surface area contributed by atoms with Crippen molar-refractivity contribution in [3.8, 4) is 0 Å². The van der Waals surface area contributed by atoms with Gasteiger partial charge in [-0.1, -0.05) is 62.3 Å². The van der Waals surface area contributed by atoms with E-state index in [1.807, 2.05) is 0 Å². The Bertz CT molecular complexity index is 370. The fourth-order valence-electron chi connectivity index (χ4n) is 2.18. The molecule has 0 saturated carbocycles. The van der Waals surface area contributed by atoms with Crippen LogP contribution in [0.5, 0.6) is 0 Å². The third kappa shape index (κ3) is 7.11. The summed E-state index contributed by atoms with van der Waals surface area (Å²) in [5, 5.41) is 0. The van der Waals surface area contributed by atoms with E-state index in [0.29, 0.717) is 34.6 Å². The molecule has 0 amide bonds. The average molecular weight is 329 g/mol. The Balaban J connectivity index is 0.000000173. The van der Waals surface area contributed by atoms with Crippen LogP contribution in [-0.2, 0) is 14.2 Å². The van der Waals surface area contributed by atoms with Gasteiger partial charge in [0.1, 0.15) is 0 Å². The van der Waals surface area contributed by atoms with E-state index in [0.717, 1.165) is 13.2 Å². The Morgan fingerprint density at radius 1 is 0.870 bits per heavy atom. The number of epoxide rings is 3. The van der Waals surface area contributed by atoms with Crippen LogP contribution in [-0.4, -0.2) is 37.1 Å². The molecule has 0 aromatic heterocycles.